The van der Waals surface area contributed by atoms with E-state index in [1.165, 1.54) is 23.8 Å². The summed E-state index contributed by atoms with van der Waals surface area (Å²) in [5.74, 6) is 0.0932. The van der Waals surface area contributed by atoms with Gasteiger partial charge in [0.1, 0.15) is 5.82 Å². The highest BCUT2D eigenvalue weighted by Crippen LogP contribution is 2.15. The molecular formula is C18H18FNO. The predicted octanol–water partition coefficient (Wildman–Crippen LogP) is 4.76. The van der Waals surface area contributed by atoms with Crippen LogP contribution < -0.4 is 5.32 Å². The number of hydrogen-bond acceptors (Lipinski definition) is 2. The SMILES string of the molecule is CC(C)c1ccc(C(=O)C=CNc2ccc(F)cc2)cc1. The predicted molar refractivity (Wildman–Crippen MR) is 84.0 cm³/mol. The van der Waals surface area contributed by atoms with E-state index in [1.807, 2.05) is 24.3 Å². The van der Waals surface area contributed by atoms with E-state index in [1.54, 1.807) is 18.3 Å². The highest BCUT2D eigenvalue weighted by atomic mass is 19.1. The number of carbonyl (C=O) groups excluding carboxylic acids is 1. The first-order valence-corrected chi connectivity index (χ1v) is 6.89. The van der Waals surface area contributed by atoms with Crippen molar-refractivity contribution in [2.45, 2.75) is 19.8 Å². The zero-order chi connectivity index (χ0) is 15.2. The van der Waals surface area contributed by atoms with Crippen molar-refractivity contribution in [3.63, 3.8) is 0 Å². The Morgan fingerprint density at radius 3 is 2.24 bits per heavy atom. The van der Waals surface area contributed by atoms with Crippen molar-refractivity contribution < 1.29 is 9.18 Å². The summed E-state index contributed by atoms with van der Waals surface area (Å²) in [7, 11) is 0. The van der Waals surface area contributed by atoms with Crippen molar-refractivity contribution in [3.8, 4) is 0 Å². The molecule has 108 valence electrons. The van der Waals surface area contributed by atoms with Crippen molar-refractivity contribution in [2.24, 2.45) is 0 Å². The van der Waals surface area contributed by atoms with Crippen LogP contribution in [0.3, 0.4) is 0 Å². The maximum Gasteiger partial charge on any atom is 0.187 e. The molecular weight excluding hydrogens is 265 g/mol. The molecule has 0 saturated carbocycles. The summed E-state index contributed by atoms with van der Waals surface area (Å²) < 4.78 is 12.7. The molecule has 0 aromatic heterocycles. The minimum absolute atomic E-state index is 0.0695. The Morgan fingerprint density at radius 1 is 1.05 bits per heavy atom. The zero-order valence-electron chi connectivity index (χ0n) is 12.1. The van der Waals surface area contributed by atoms with Crippen LogP contribution in [0.2, 0.25) is 0 Å². The van der Waals surface area contributed by atoms with Gasteiger partial charge in [0.25, 0.3) is 0 Å². The highest BCUT2D eigenvalue weighted by molar-refractivity contribution is 6.04. The van der Waals surface area contributed by atoms with Crippen LogP contribution in [0.5, 0.6) is 0 Å². The van der Waals surface area contributed by atoms with Gasteiger partial charge in [0.15, 0.2) is 5.78 Å². The molecule has 2 nitrogen and oxygen atoms in total. The third-order valence-electron chi connectivity index (χ3n) is 3.19. The van der Waals surface area contributed by atoms with Crippen LogP contribution in [-0.4, -0.2) is 5.78 Å². The average molecular weight is 283 g/mol. The minimum atomic E-state index is -0.286. The second-order valence-corrected chi connectivity index (χ2v) is 5.13. The van der Waals surface area contributed by atoms with E-state index in [0.29, 0.717) is 11.5 Å². The van der Waals surface area contributed by atoms with Crippen LogP contribution in [0.25, 0.3) is 0 Å². The molecule has 0 spiro atoms. The number of nitrogens with one attached hydrogen (secondary N) is 1. The Morgan fingerprint density at radius 2 is 1.67 bits per heavy atom. The molecule has 0 bridgehead atoms. The van der Waals surface area contributed by atoms with E-state index in [2.05, 4.69) is 19.2 Å². The van der Waals surface area contributed by atoms with Gasteiger partial charge in [0.05, 0.1) is 0 Å². The van der Waals surface area contributed by atoms with Gasteiger partial charge in [-0.15, -0.1) is 0 Å². The number of hydrogen-bond donors (Lipinski definition) is 1. The monoisotopic (exact) mass is 283 g/mol. The Kier molecular flexibility index (Phi) is 4.88. The first kappa shape index (κ1) is 15.0. The van der Waals surface area contributed by atoms with Crippen molar-refractivity contribution in [3.05, 3.63) is 77.8 Å². The Hall–Kier alpha value is -2.42. The van der Waals surface area contributed by atoms with Crippen LogP contribution in [0, 0.1) is 5.82 Å². The number of rotatable bonds is 5. The molecule has 0 heterocycles. The van der Waals surface area contributed by atoms with Gasteiger partial charge in [-0.05, 0) is 35.7 Å². The van der Waals surface area contributed by atoms with Crippen molar-refractivity contribution in [2.75, 3.05) is 5.32 Å². The first-order valence-electron chi connectivity index (χ1n) is 6.89. The number of benzene rings is 2. The molecule has 0 saturated heterocycles. The fourth-order valence-corrected chi connectivity index (χ4v) is 1.89. The summed E-state index contributed by atoms with van der Waals surface area (Å²) in [6.07, 6.45) is 3.03. The minimum Gasteiger partial charge on any atom is -0.362 e. The molecule has 0 aliphatic rings. The van der Waals surface area contributed by atoms with Gasteiger partial charge >= 0.3 is 0 Å². The lowest BCUT2D eigenvalue weighted by atomic mass is 10.0. The largest absolute Gasteiger partial charge is 0.362 e. The fourth-order valence-electron chi connectivity index (χ4n) is 1.89. The van der Waals surface area contributed by atoms with E-state index in [0.717, 1.165) is 5.69 Å². The van der Waals surface area contributed by atoms with Gasteiger partial charge in [-0.1, -0.05) is 38.1 Å². The zero-order valence-corrected chi connectivity index (χ0v) is 12.1. The van der Waals surface area contributed by atoms with Gasteiger partial charge in [0, 0.05) is 23.5 Å². The summed E-state index contributed by atoms with van der Waals surface area (Å²) >= 11 is 0. The van der Waals surface area contributed by atoms with Crippen LogP contribution in [0.1, 0.15) is 35.7 Å². The Bertz CT molecular complexity index is 627. The average Bonchev–Trinajstić information content (AvgIpc) is 2.49. The van der Waals surface area contributed by atoms with Crippen LogP contribution in [0.4, 0.5) is 10.1 Å². The van der Waals surface area contributed by atoms with Gasteiger partial charge in [-0.3, -0.25) is 4.79 Å². The standard InChI is InChI=1S/C18H18FNO/c1-13(2)14-3-5-15(6-4-14)18(21)11-12-20-17-9-7-16(19)8-10-17/h3-13,20H,1-2H3. The van der Waals surface area contributed by atoms with Crippen LogP contribution in [0.15, 0.2) is 60.8 Å². The van der Waals surface area contributed by atoms with Crippen LogP contribution in [-0.2, 0) is 0 Å². The summed E-state index contributed by atoms with van der Waals surface area (Å²) in [6, 6.07) is 13.6. The molecule has 21 heavy (non-hydrogen) atoms. The second kappa shape index (κ2) is 6.84. The molecule has 0 aliphatic heterocycles. The second-order valence-electron chi connectivity index (χ2n) is 5.13. The molecule has 0 atom stereocenters. The van der Waals surface area contributed by atoms with Gasteiger partial charge in [0.2, 0.25) is 0 Å². The van der Waals surface area contributed by atoms with Crippen molar-refractivity contribution >= 4 is 11.5 Å². The molecule has 3 heteroatoms. The molecule has 0 unspecified atom stereocenters. The molecule has 2 rings (SSSR count). The van der Waals surface area contributed by atoms with Gasteiger partial charge in [-0.2, -0.15) is 0 Å². The summed E-state index contributed by atoms with van der Waals surface area (Å²) in [4.78, 5) is 12.0. The Labute approximate surface area is 124 Å². The number of allylic oxidation sites excluding steroid dienone is 1. The lowest BCUT2D eigenvalue weighted by Gasteiger charge is -2.05. The molecule has 1 N–H and O–H groups in total. The number of anilines is 1. The van der Waals surface area contributed by atoms with E-state index >= 15 is 0 Å². The highest BCUT2D eigenvalue weighted by Gasteiger charge is 2.03. The normalized spacial score (nSPS) is 11.0. The summed E-state index contributed by atoms with van der Waals surface area (Å²) in [5, 5.41) is 2.93. The lowest BCUT2D eigenvalue weighted by Crippen LogP contribution is -1.97. The number of ketones is 1. The maximum atomic E-state index is 12.7. The number of halogens is 1. The summed E-state index contributed by atoms with van der Waals surface area (Å²) in [5.41, 5.74) is 2.59. The van der Waals surface area contributed by atoms with E-state index in [-0.39, 0.29) is 11.6 Å². The molecule has 0 aliphatic carbocycles. The third-order valence-corrected chi connectivity index (χ3v) is 3.19. The van der Waals surface area contributed by atoms with E-state index < -0.39 is 0 Å². The number of carbonyl (C=O) groups is 1. The van der Waals surface area contributed by atoms with Crippen LogP contribution >= 0.6 is 0 Å². The molecule has 2 aromatic carbocycles. The quantitative estimate of drug-likeness (QED) is 0.633. The lowest BCUT2D eigenvalue weighted by molar-refractivity contribution is 0.104. The topological polar surface area (TPSA) is 29.1 Å². The molecule has 0 radical (unpaired) electrons. The van der Waals surface area contributed by atoms with Gasteiger partial charge in [-0.25, -0.2) is 4.39 Å². The smallest absolute Gasteiger partial charge is 0.187 e. The third kappa shape index (κ3) is 4.28. The van der Waals surface area contributed by atoms with Crippen molar-refractivity contribution in [1.29, 1.82) is 0 Å². The first-order chi connectivity index (χ1) is 10.1. The molecule has 0 amide bonds. The van der Waals surface area contributed by atoms with Gasteiger partial charge < -0.3 is 5.32 Å². The molecule has 2 aromatic rings. The summed E-state index contributed by atoms with van der Waals surface area (Å²) in [6.45, 7) is 4.23. The van der Waals surface area contributed by atoms with E-state index in [9.17, 15) is 9.18 Å². The Balaban J connectivity index is 1.97. The molecule has 0 fully saturated rings. The van der Waals surface area contributed by atoms with E-state index in [4.69, 9.17) is 0 Å². The maximum absolute atomic E-state index is 12.7. The van der Waals surface area contributed by atoms with Crippen molar-refractivity contribution in [1.82, 2.24) is 0 Å². The fraction of sp³-hybridized carbons (Fsp3) is 0.167.